The summed E-state index contributed by atoms with van der Waals surface area (Å²) in [5, 5.41) is 0. The van der Waals surface area contributed by atoms with Gasteiger partial charge < -0.3 is 0 Å². The summed E-state index contributed by atoms with van der Waals surface area (Å²) in [4.78, 5) is 0. The molecule has 0 bridgehead atoms. The zero-order chi connectivity index (χ0) is 6.57. The second kappa shape index (κ2) is 4.78. The summed E-state index contributed by atoms with van der Waals surface area (Å²) in [7, 11) is 0. The van der Waals surface area contributed by atoms with Gasteiger partial charge in [0.25, 0.3) is 0 Å². The van der Waals surface area contributed by atoms with Gasteiger partial charge in [0.2, 0.25) is 0 Å². The molecular weight excluding hydrogens is 285 g/mol. The van der Waals surface area contributed by atoms with Crippen molar-refractivity contribution in [3.05, 3.63) is 0 Å². The van der Waals surface area contributed by atoms with Crippen LogP contribution in [0.5, 0.6) is 0 Å². The Labute approximate surface area is 65.5 Å². The first-order chi connectivity index (χ1) is 3.63. The SMILES string of the molecule is CC(C)[CH2][Hg][CH](C)C. The number of rotatable bonds is 3. The van der Waals surface area contributed by atoms with Crippen LogP contribution in [0.3, 0.4) is 0 Å². The van der Waals surface area contributed by atoms with Crippen molar-refractivity contribution in [2.24, 2.45) is 5.92 Å². The Kier molecular flexibility index (Phi) is 5.34. The van der Waals surface area contributed by atoms with E-state index in [9.17, 15) is 0 Å². The topological polar surface area (TPSA) is 0 Å². The maximum absolute atomic E-state index is 2.38. The molecule has 0 unspecified atom stereocenters. The van der Waals surface area contributed by atoms with Crippen LogP contribution in [0.1, 0.15) is 27.7 Å². The molecule has 0 aromatic rings. The molecule has 8 heavy (non-hydrogen) atoms. The van der Waals surface area contributed by atoms with Crippen LogP contribution < -0.4 is 0 Å². The molecule has 0 aliphatic rings. The zero-order valence-corrected chi connectivity index (χ0v) is 12.1. The van der Waals surface area contributed by atoms with E-state index in [1.54, 1.807) is 3.93 Å². The van der Waals surface area contributed by atoms with E-state index in [0.29, 0.717) is 0 Å². The Morgan fingerprint density at radius 2 is 1.62 bits per heavy atom. The first-order valence-corrected chi connectivity index (χ1v) is 10.7. The van der Waals surface area contributed by atoms with Gasteiger partial charge >= 0.3 is 65.5 Å². The minimum absolute atomic E-state index is 0.354. The van der Waals surface area contributed by atoms with E-state index in [0.717, 1.165) is 9.34 Å². The van der Waals surface area contributed by atoms with Gasteiger partial charge in [-0.1, -0.05) is 0 Å². The van der Waals surface area contributed by atoms with Crippen molar-refractivity contribution in [1.82, 2.24) is 0 Å². The maximum atomic E-state index is 2.38. The average Bonchev–Trinajstić information content (AvgIpc) is 1.61. The number of hydrogen-bond donors (Lipinski definition) is 0. The summed E-state index contributed by atoms with van der Waals surface area (Å²) < 4.78 is 2.72. The van der Waals surface area contributed by atoms with Crippen molar-refractivity contribution in [2.45, 2.75) is 35.1 Å². The molecule has 0 radical (unpaired) electrons. The van der Waals surface area contributed by atoms with Gasteiger partial charge in [0.15, 0.2) is 0 Å². The van der Waals surface area contributed by atoms with Gasteiger partial charge in [0, 0.05) is 0 Å². The van der Waals surface area contributed by atoms with E-state index in [1.165, 1.54) is 0 Å². The third-order valence-electron chi connectivity index (χ3n) is 1.32. The summed E-state index contributed by atoms with van der Waals surface area (Å²) >= 11 is -0.354. The van der Waals surface area contributed by atoms with Crippen molar-refractivity contribution in [3.63, 3.8) is 0 Å². The van der Waals surface area contributed by atoms with E-state index < -0.39 is 0 Å². The zero-order valence-electron chi connectivity index (χ0n) is 6.57. The van der Waals surface area contributed by atoms with Crippen molar-refractivity contribution in [1.29, 1.82) is 0 Å². The molecule has 0 rings (SSSR count). The normalized spacial score (nSPS) is 10.2. The third-order valence-corrected chi connectivity index (χ3v) is 11.6. The minimum atomic E-state index is -0.354. The van der Waals surface area contributed by atoms with E-state index in [4.69, 9.17) is 0 Å². The molecule has 0 atom stereocenters. The van der Waals surface area contributed by atoms with Gasteiger partial charge in [-0.3, -0.25) is 0 Å². The molecule has 0 aromatic heterocycles. The summed E-state index contributed by atoms with van der Waals surface area (Å²) in [6.07, 6.45) is 0. The summed E-state index contributed by atoms with van der Waals surface area (Å²) in [6.45, 7) is 9.43. The Balaban J connectivity index is 2.93. The molecule has 0 N–H and O–H groups in total. The fourth-order valence-corrected chi connectivity index (χ4v) is 5.85. The predicted molar refractivity (Wildman–Crippen MR) is 34.7 cm³/mol. The van der Waals surface area contributed by atoms with E-state index in [2.05, 4.69) is 27.7 Å². The molecule has 0 saturated heterocycles. The summed E-state index contributed by atoms with van der Waals surface area (Å²) in [6, 6.07) is 0. The molecule has 0 aliphatic carbocycles. The molecule has 0 heterocycles. The van der Waals surface area contributed by atoms with Crippen molar-refractivity contribution < 1.29 is 24.6 Å². The average molecular weight is 301 g/mol. The van der Waals surface area contributed by atoms with Crippen LogP contribution >= 0.6 is 0 Å². The van der Waals surface area contributed by atoms with Gasteiger partial charge in [0.05, 0.1) is 0 Å². The fourth-order valence-electron chi connectivity index (χ4n) is 0.667. The first kappa shape index (κ1) is 8.94. The molecule has 0 aliphatic heterocycles. The van der Waals surface area contributed by atoms with Crippen molar-refractivity contribution in [3.8, 4) is 0 Å². The van der Waals surface area contributed by atoms with Crippen LogP contribution in [-0.4, -0.2) is 0 Å². The van der Waals surface area contributed by atoms with Crippen LogP contribution in [0.4, 0.5) is 0 Å². The van der Waals surface area contributed by atoms with Crippen LogP contribution in [0.15, 0.2) is 0 Å². The second-order valence-corrected chi connectivity index (χ2v) is 14.2. The molecule has 0 aromatic carbocycles. The molecule has 0 fully saturated rings. The second-order valence-electron chi connectivity index (χ2n) is 3.37. The number of hydrogen-bond acceptors (Lipinski definition) is 0. The predicted octanol–water partition coefficient (Wildman–Crippen LogP) is 2.97. The van der Waals surface area contributed by atoms with Gasteiger partial charge in [0.1, 0.15) is 0 Å². The molecule has 46 valence electrons. The first-order valence-electron chi connectivity index (χ1n) is 3.63. The van der Waals surface area contributed by atoms with Crippen molar-refractivity contribution in [2.75, 3.05) is 0 Å². The van der Waals surface area contributed by atoms with Gasteiger partial charge in [-0.15, -0.1) is 0 Å². The quantitative estimate of drug-likeness (QED) is 0.703. The van der Waals surface area contributed by atoms with E-state index in [-0.39, 0.29) is 24.6 Å². The van der Waals surface area contributed by atoms with Crippen LogP contribution in [0.2, 0.25) is 7.36 Å². The molecular formula is C7H16Hg. The fraction of sp³-hybridized carbons (Fsp3) is 1.00. The monoisotopic (exact) mass is 302 g/mol. The van der Waals surface area contributed by atoms with E-state index in [1.807, 2.05) is 0 Å². The Morgan fingerprint density at radius 1 is 1.12 bits per heavy atom. The molecule has 0 spiro atoms. The molecule has 0 nitrogen and oxygen atoms in total. The molecule has 1 heteroatoms. The van der Waals surface area contributed by atoms with Gasteiger partial charge in [-0.05, 0) is 0 Å². The summed E-state index contributed by atoms with van der Waals surface area (Å²) in [5.41, 5.74) is 0. The van der Waals surface area contributed by atoms with Gasteiger partial charge in [-0.25, -0.2) is 0 Å². The molecule has 0 saturated carbocycles. The van der Waals surface area contributed by atoms with Crippen LogP contribution in [0.25, 0.3) is 0 Å². The van der Waals surface area contributed by atoms with E-state index >= 15 is 0 Å². The standard InChI is InChI=1S/C4H9.C3H7.Hg/c1-4(2)3;1-3-2;/h4H,1H2,2-3H3;3H,1-2H3;. The van der Waals surface area contributed by atoms with Crippen LogP contribution in [-0.2, 0) is 24.6 Å². The van der Waals surface area contributed by atoms with Crippen molar-refractivity contribution >= 4 is 0 Å². The third kappa shape index (κ3) is 6.94. The van der Waals surface area contributed by atoms with Crippen LogP contribution in [0, 0.1) is 5.92 Å². The Bertz CT molecular complexity index is 40.3. The Morgan fingerprint density at radius 3 is 1.75 bits per heavy atom. The Hall–Kier alpha value is 0.935. The van der Waals surface area contributed by atoms with Gasteiger partial charge in [-0.2, -0.15) is 0 Å². The summed E-state index contributed by atoms with van der Waals surface area (Å²) in [5.74, 6) is 0.985. The molecule has 0 amide bonds.